The number of carbonyl (C=O) groups is 1. The van der Waals surface area contributed by atoms with Crippen molar-refractivity contribution >= 4 is 21.6 Å². The molecule has 0 aliphatic carbocycles. The summed E-state index contributed by atoms with van der Waals surface area (Å²) in [6.45, 7) is 4.09. The van der Waals surface area contributed by atoms with Crippen LogP contribution >= 0.6 is 0 Å². The molecular weight excluding hydrogens is 367 g/mol. The topological polar surface area (TPSA) is 57.7 Å². The minimum Gasteiger partial charge on any atom is -0.308 e. The Bertz CT molecular complexity index is 973. The Morgan fingerprint density at radius 3 is 2.63 bits per heavy atom. The fourth-order valence-electron chi connectivity index (χ4n) is 3.17. The van der Waals surface area contributed by atoms with Gasteiger partial charge in [-0.25, -0.2) is 12.8 Å². The number of hydrogen-bond acceptors (Lipinski definition) is 3. The van der Waals surface area contributed by atoms with Crippen molar-refractivity contribution in [2.75, 3.05) is 18.5 Å². The van der Waals surface area contributed by atoms with Crippen LogP contribution in [0.1, 0.15) is 36.2 Å². The van der Waals surface area contributed by atoms with Gasteiger partial charge in [-0.15, -0.1) is 0 Å². The molecule has 5 nitrogen and oxygen atoms in total. The Kier molecular flexibility index (Phi) is 5.35. The number of carbonyl (C=O) groups excluding carboxylic acids is 1. The van der Waals surface area contributed by atoms with Crippen LogP contribution in [-0.2, 0) is 16.4 Å². The van der Waals surface area contributed by atoms with E-state index in [4.69, 9.17) is 0 Å². The molecule has 0 saturated carbocycles. The summed E-state index contributed by atoms with van der Waals surface area (Å²) < 4.78 is 40.2. The van der Waals surface area contributed by atoms with Crippen LogP contribution < -0.4 is 4.90 Å². The Morgan fingerprint density at radius 2 is 1.93 bits per heavy atom. The molecule has 3 rings (SSSR count). The second kappa shape index (κ2) is 7.40. The number of amides is 1. The number of anilines is 1. The van der Waals surface area contributed by atoms with E-state index in [0.29, 0.717) is 24.2 Å². The van der Waals surface area contributed by atoms with Crippen molar-refractivity contribution in [2.24, 2.45) is 0 Å². The Labute approximate surface area is 159 Å². The van der Waals surface area contributed by atoms with Gasteiger partial charge in [-0.2, -0.15) is 4.31 Å². The summed E-state index contributed by atoms with van der Waals surface area (Å²) in [4.78, 5) is 14.7. The molecule has 0 aromatic heterocycles. The molecule has 27 heavy (non-hydrogen) atoms. The molecule has 1 heterocycles. The molecule has 0 atom stereocenters. The SMILES string of the molecule is CC(C)N(C)S(=O)(=O)c1cccc(C(=O)N2CCCc3cc(F)ccc32)c1. The van der Waals surface area contributed by atoms with Crippen molar-refractivity contribution in [1.29, 1.82) is 0 Å². The van der Waals surface area contributed by atoms with Crippen molar-refractivity contribution in [3.63, 3.8) is 0 Å². The van der Waals surface area contributed by atoms with Gasteiger partial charge in [-0.05, 0) is 68.7 Å². The van der Waals surface area contributed by atoms with E-state index in [1.165, 1.54) is 35.6 Å². The lowest BCUT2D eigenvalue weighted by Crippen LogP contribution is -2.36. The minimum atomic E-state index is -3.68. The van der Waals surface area contributed by atoms with Crippen LogP contribution in [0.2, 0.25) is 0 Å². The maximum atomic E-state index is 13.5. The summed E-state index contributed by atoms with van der Waals surface area (Å²) in [7, 11) is -2.16. The van der Waals surface area contributed by atoms with Crippen LogP contribution in [0.25, 0.3) is 0 Å². The van der Waals surface area contributed by atoms with E-state index in [9.17, 15) is 17.6 Å². The minimum absolute atomic E-state index is 0.0842. The van der Waals surface area contributed by atoms with Gasteiger partial charge in [0.1, 0.15) is 5.82 Å². The highest BCUT2D eigenvalue weighted by molar-refractivity contribution is 7.89. The van der Waals surface area contributed by atoms with Gasteiger partial charge in [0.05, 0.1) is 4.90 Å². The smallest absolute Gasteiger partial charge is 0.258 e. The van der Waals surface area contributed by atoms with Gasteiger partial charge < -0.3 is 4.90 Å². The fraction of sp³-hybridized carbons (Fsp3) is 0.350. The van der Waals surface area contributed by atoms with Gasteiger partial charge in [0, 0.05) is 30.9 Å². The number of hydrogen-bond donors (Lipinski definition) is 0. The van der Waals surface area contributed by atoms with Crippen molar-refractivity contribution in [1.82, 2.24) is 4.31 Å². The van der Waals surface area contributed by atoms with E-state index in [2.05, 4.69) is 0 Å². The number of halogens is 1. The monoisotopic (exact) mass is 390 g/mol. The third kappa shape index (κ3) is 3.75. The summed E-state index contributed by atoms with van der Waals surface area (Å²) in [6, 6.07) is 10.3. The normalized spacial score (nSPS) is 14.5. The van der Waals surface area contributed by atoms with Gasteiger partial charge in [0.15, 0.2) is 0 Å². The molecule has 0 radical (unpaired) electrons. The predicted octanol–water partition coefficient (Wildman–Crippen LogP) is 3.45. The molecule has 0 spiro atoms. The van der Waals surface area contributed by atoms with E-state index in [0.717, 1.165) is 12.0 Å². The lowest BCUT2D eigenvalue weighted by molar-refractivity contribution is 0.0985. The van der Waals surface area contributed by atoms with Gasteiger partial charge in [0.25, 0.3) is 5.91 Å². The van der Waals surface area contributed by atoms with E-state index < -0.39 is 10.0 Å². The van der Waals surface area contributed by atoms with E-state index in [1.54, 1.807) is 36.9 Å². The van der Waals surface area contributed by atoms with Crippen molar-refractivity contribution in [2.45, 2.75) is 37.6 Å². The number of sulfonamides is 1. The third-order valence-electron chi connectivity index (χ3n) is 4.89. The first-order chi connectivity index (χ1) is 12.7. The molecule has 0 bridgehead atoms. The molecule has 0 saturated heterocycles. The third-order valence-corrected chi connectivity index (χ3v) is 6.92. The molecule has 144 valence electrons. The molecule has 7 heteroatoms. The first-order valence-corrected chi connectivity index (χ1v) is 10.3. The van der Waals surface area contributed by atoms with Crippen LogP contribution in [0.5, 0.6) is 0 Å². The van der Waals surface area contributed by atoms with Crippen LogP contribution in [0.4, 0.5) is 10.1 Å². The average molecular weight is 390 g/mol. The van der Waals surface area contributed by atoms with Crippen LogP contribution in [0, 0.1) is 5.82 Å². The summed E-state index contributed by atoms with van der Waals surface area (Å²) >= 11 is 0. The first kappa shape index (κ1) is 19.5. The number of nitrogens with zero attached hydrogens (tertiary/aromatic N) is 2. The molecule has 0 N–H and O–H groups in total. The fourth-order valence-corrected chi connectivity index (χ4v) is 4.58. The second-order valence-electron chi connectivity index (χ2n) is 6.98. The summed E-state index contributed by atoms with van der Waals surface area (Å²) in [5.74, 6) is -0.611. The van der Waals surface area contributed by atoms with Crippen molar-refractivity contribution in [3.05, 3.63) is 59.4 Å². The van der Waals surface area contributed by atoms with Crippen LogP contribution in [0.3, 0.4) is 0 Å². The maximum Gasteiger partial charge on any atom is 0.258 e. The number of fused-ring (bicyclic) bond motifs is 1. The number of benzene rings is 2. The molecule has 1 aliphatic heterocycles. The number of rotatable bonds is 4. The van der Waals surface area contributed by atoms with Crippen molar-refractivity contribution < 1.29 is 17.6 Å². The Balaban J connectivity index is 1.96. The summed E-state index contributed by atoms with van der Waals surface area (Å²) in [6.07, 6.45) is 1.45. The second-order valence-corrected chi connectivity index (χ2v) is 8.97. The Hall–Kier alpha value is -2.25. The highest BCUT2D eigenvalue weighted by Crippen LogP contribution is 2.29. The zero-order chi connectivity index (χ0) is 19.8. The van der Waals surface area contributed by atoms with Crippen LogP contribution in [0.15, 0.2) is 47.4 Å². The maximum absolute atomic E-state index is 13.5. The first-order valence-electron chi connectivity index (χ1n) is 8.90. The molecule has 2 aromatic carbocycles. The zero-order valence-corrected chi connectivity index (χ0v) is 16.5. The van der Waals surface area contributed by atoms with Gasteiger partial charge in [0.2, 0.25) is 10.0 Å². The van der Waals surface area contributed by atoms with Gasteiger partial charge >= 0.3 is 0 Å². The van der Waals surface area contributed by atoms with Crippen molar-refractivity contribution in [3.8, 4) is 0 Å². The predicted molar refractivity (Wildman–Crippen MR) is 103 cm³/mol. The molecular formula is C20H23FN2O3S. The van der Waals surface area contributed by atoms with E-state index in [1.807, 2.05) is 0 Å². The van der Waals surface area contributed by atoms with Gasteiger partial charge in [-0.1, -0.05) is 6.07 Å². The van der Waals surface area contributed by atoms with E-state index >= 15 is 0 Å². The lowest BCUT2D eigenvalue weighted by Gasteiger charge is -2.29. The highest BCUT2D eigenvalue weighted by Gasteiger charge is 2.27. The summed E-state index contributed by atoms with van der Waals surface area (Å²) in [5.41, 5.74) is 1.77. The Morgan fingerprint density at radius 1 is 1.19 bits per heavy atom. The van der Waals surface area contributed by atoms with E-state index in [-0.39, 0.29) is 22.7 Å². The zero-order valence-electron chi connectivity index (χ0n) is 15.6. The average Bonchev–Trinajstić information content (AvgIpc) is 2.66. The molecule has 1 amide bonds. The van der Waals surface area contributed by atoms with Crippen LogP contribution in [-0.4, -0.2) is 38.3 Å². The highest BCUT2D eigenvalue weighted by atomic mass is 32.2. The lowest BCUT2D eigenvalue weighted by atomic mass is 10.0. The number of aryl methyl sites for hydroxylation is 1. The largest absolute Gasteiger partial charge is 0.308 e. The standard InChI is InChI=1S/C20H23FN2O3S/c1-14(2)22(3)27(25,26)18-8-4-6-16(13-18)20(24)23-11-5-7-15-12-17(21)9-10-19(15)23/h4,6,8-10,12-14H,5,7,11H2,1-3H3. The molecule has 0 unspecified atom stereocenters. The molecule has 1 aliphatic rings. The molecule has 2 aromatic rings. The quantitative estimate of drug-likeness (QED) is 0.803. The van der Waals surface area contributed by atoms with Gasteiger partial charge in [-0.3, -0.25) is 4.79 Å². The molecule has 0 fully saturated rings. The summed E-state index contributed by atoms with van der Waals surface area (Å²) in [5, 5.41) is 0.